The van der Waals surface area contributed by atoms with Crippen molar-refractivity contribution in [3.63, 3.8) is 0 Å². The average molecular weight is 301 g/mol. The van der Waals surface area contributed by atoms with Crippen molar-refractivity contribution in [2.24, 2.45) is 16.7 Å². The zero-order valence-corrected chi connectivity index (χ0v) is 14.0. The molecule has 116 valence electrons. The molecule has 0 spiro atoms. The minimum atomic E-state index is 0. The van der Waals surface area contributed by atoms with E-state index in [-0.39, 0.29) is 29.1 Å². The number of fused-ring (bicyclic) bond motifs is 2. The molecule has 0 radical (unpaired) electrons. The highest BCUT2D eigenvalue weighted by molar-refractivity contribution is 5.85. The number of nitrogens with one attached hydrogen (secondary N) is 2. The Balaban J connectivity index is 0.00000147. The van der Waals surface area contributed by atoms with Crippen LogP contribution in [0.1, 0.15) is 59.8 Å². The number of hydrogen-bond donors (Lipinski definition) is 2. The largest absolute Gasteiger partial charge is 0.352 e. The van der Waals surface area contributed by atoms with Crippen LogP contribution in [-0.4, -0.2) is 24.0 Å². The van der Waals surface area contributed by atoms with Gasteiger partial charge in [-0.3, -0.25) is 4.79 Å². The maximum Gasteiger partial charge on any atom is 0.220 e. The van der Waals surface area contributed by atoms with Gasteiger partial charge in [-0.05, 0) is 42.4 Å². The van der Waals surface area contributed by atoms with Crippen molar-refractivity contribution in [2.75, 3.05) is 0 Å². The van der Waals surface area contributed by atoms with Crippen LogP contribution in [0.4, 0.5) is 0 Å². The van der Waals surface area contributed by atoms with E-state index in [9.17, 15) is 4.79 Å². The predicted molar refractivity (Wildman–Crippen MR) is 84.0 cm³/mol. The van der Waals surface area contributed by atoms with E-state index in [4.69, 9.17) is 0 Å². The van der Waals surface area contributed by atoms with Crippen LogP contribution in [-0.2, 0) is 4.79 Å². The minimum Gasteiger partial charge on any atom is -0.352 e. The molecule has 2 unspecified atom stereocenters. The van der Waals surface area contributed by atoms with Crippen molar-refractivity contribution in [1.82, 2.24) is 10.6 Å². The molecule has 2 N–H and O–H groups in total. The molecule has 0 aromatic heterocycles. The molecular formula is C16H29ClN2O. The van der Waals surface area contributed by atoms with E-state index in [1.54, 1.807) is 0 Å². The van der Waals surface area contributed by atoms with Crippen molar-refractivity contribution in [3.8, 4) is 0 Å². The van der Waals surface area contributed by atoms with Crippen molar-refractivity contribution in [1.29, 1.82) is 0 Å². The Morgan fingerprint density at radius 1 is 1.10 bits per heavy atom. The van der Waals surface area contributed by atoms with E-state index in [0.29, 0.717) is 24.0 Å². The fourth-order valence-corrected chi connectivity index (χ4v) is 4.38. The zero-order chi connectivity index (χ0) is 13.8. The summed E-state index contributed by atoms with van der Waals surface area (Å²) in [6, 6.07) is 1.72. The quantitative estimate of drug-likeness (QED) is 0.841. The molecule has 3 rings (SSSR count). The Morgan fingerprint density at radius 2 is 1.60 bits per heavy atom. The van der Waals surface area contributed by atoms with Gasteiger partial charge in [0, 0.05) is 24.5 Å². The lowest BCUT2D eigenvalue weighted by molar-refractivity contribution is -0.122. The molecular weight excluding hydrogens is 272 g/mol. The van der Waals surface area contributed by atoms with Crippen LogP contribution in [0, 0.1) is 16.7 Å². The SMILES string of the molecule is CC1(C)C(NC(=O)CC2CC3CCC(C2)N3)C1(C)C.Cl. The van der Waals surface area contributed by atoms with E-state index < -0.39 is 0 Å². The van der Waals surface area contributed by atoms with Gasteiger partial charge in [0.25, 0.3) is 0 Å². The number of hydrogen-bond acceptors (Lipinski definition) is 2. The van der Waals surface area contributed by atoms with E-state index in [1.165, 1.54) is 25.7 Å². The second-order valence-electron chi connectivity index (χ2n) is 8.12. The van der Waals surface area contributed by atoms with Crippen LogP contribution < -0.4 is 10.6 Å². The smallest absolute Gasteiger partial charge is 0.220 e. The average Bonchev–Trinajstić information content (AvgIpc) is 2.59. The van der Waals surface area contributed by atoms with Gasteiger partial charge in [-0.25, -0.2) is 0 Å². The summed E-state index contributed by atoms with van der Waals surface area (Å²) in [6.45, 7) is 9.01. The molecule has 1 saturated carbocycles. The van der Waals surface area contributed by atoms with Crippen LogP contribution in [0.25, 0.3) is 0 Å². The van der Waals surface area contributed by atoms with E-state index in [1.807, 2.05) is 0 Å². The van der Waals surface area contributed by atoms with Gasteiger partial charge in [0.05, 0.1) is 0 Å². The molecule has 1 amide bonds. The van der Waals surface area contributed by atoms with Gasteiger partial charge in [0.2, 0.25) is 5.91 Å². The van der Waals surface area contributed by atoms with Crippen LogP contribution in [0.3, 0.4) is 0 Å². The highest BCUT2D eigenvalue weighted by atomic mass is 35.5. The molecule has 20 heavy (non-hydrogen) atoms. The van der Waals surface area contributed by atoms with Gasteiger partial charge >= 0.3 is 0 Å². The molecule has 2 saturated heterocycles. The Labute approximate surface area is 129 Å². The molecule has 1 aliphatic carbocycles. The summed E-state index contributed by atoms with van der Waals surface area (Å²) in [7, 11) is 0. The number of amides is 1. The van der Waals surface area contributed by atoms with Gasteiger partial charge in [-0.2, -0.15) is 0 Å². The van der Waals surface area contributed by atoms with Crippen molar-refractivity contribution in [3.05, 3.63) is 0 Å². The summed E-state index contributed by atoms with van der Waals surface area (Å²) < 4.78 is 0. The van der Waals surface area contributed by atoms with Crippen LogP contribution in [0.15, 0.2) is 0 Å². The summed E-state index contributed by atoms with van der Waals surface area (Å²) in [5, 5.41) is 6.91. The first-order valence-electron chi connectivity index (χ1n) is 7.86. The highest BCUT2D eigenvalue weighted by Gasteiger charge is 2.65. The molecule has 2 heterocycles. The minimum absolute atomic E-state index is 0. The van der Waals surface area contributed by atoms with Gasteiger partial charge in [0.1, 0.15) is 0 Å². The maximum absolute atomic E-state index is 12.2. The van der Waals surface area contributed by atoms with Gasteiger partial charge in [-0.15, -0.1) is 12.4 Å². The van der Waals surface area contributed by atoms with Crippen molar-refractivity contribution < 1.29 is 4.79 Å². The Hall–Kier alpha value is -0.280. The van der Waals surface area contributed by atoms with Crippen molar-refractivity contribution >= 4 is 18.3 Å². The number of halogens is 1. The standard InChI is InChI=1S/C16H28N2O.ClH/c1-15(2)14(16(15,3)4)18-13(19)9-10-7-11-5-6-12(8-10)17-11;/h10-12,14,17H,5-9H2,1-4H3,(H,18,19);1H. The third-order valence-corrected chi connectivity index (χ3v) is 6.37. The molecule has 3 fully saturated rings. The molecule has 2 aliphatic heterocycles. The summed E-state index contributed by atoms with van der Waals surface area (Å²) in [5.41, 5.74) is 0.492. The predicted octanol–water partition coefficient (Wildman–Crippen LogP) is 2.88. The lowest BCUT2D eigenvalue weighted by atomic mass is 9.89. The second-order valence-corrected chi connectivity index (χ2v) is 8.12. The molecule has 3 aliphatic rings. The normalized spacial score (nSPS) is 37.1. The van der Waals surface area contributed by atoms with E-state index in [2.05, 4.69) is 38.3 Å². The monoisotopic (exact) mass is 300 g/mol. The van der Waals surface area contributed by atoms with Crippen LogP contribution in [0.2, 0.25) is 0 Å². The van der Waals surface area contributed by atoms with E-state index >= 15 is 0 Å². The number of carbonyl (C=O) groups is 1. The highest BCUT2D eigenvalue weighted by Crippen LogP contribution is 2.62. The Morgan fingerprint density at radius 3 is 2.05 bits per heavy atom. The number of carbonyl (C=O) groups excluding carboxylic acids is 1. The zero-order valence-electron chi connectivity index (χ0n) is 13.2. The summed E-state index contributed by atoms with van der Waals surface area (Å²) in [6.07, 6.45) is 5.75. The molecule has 0 aromatic rings. The lowest BCUT2D eigenvalue weighted by Gasteiger charge is -2.28. The summed E-state index contributed by atoms with van der Waals surface area (Å²) >= 11 is 0. The van der Waals surface area contributed by atoms with Gasteiger partial charge in [0.15, 0.2) is 0 Å². The lowest BCUT2D eigenvalue weighted by Crippen LogP contribution is -2.40. The summed E-state index contributed by atoms with van der Waals surface area (Å²) in [4.78, 5) is 12.2. The second kappa shape index (κ2) is 5.17. The number of rotatable bonds is 3. The van der Waals surface area contributed by atoms with E-state index in [0.717, 1.165) is 6.42 Å². The molecule has 2 atom stereocenters. The molecule has 3 nitrogen and oxygen atoms in total. The molecule has 4 heteroatoms. The molecule has 2 bridgehead atoms. The third-order valence-electron chi connectivity index (χ3n) is 6.37. The Kier molecular flexibility index (Phi) is 4.16. The summed E-state index contributed by atoms with van der Waals surface area (Å²) in [5.74, 6) is 0.874. The van der Waals surface area contributed by atoms with Gasteiger partial charge < -0.3 is 10.6 Å². The number of piperidine rings is 1. The third kappa shape index (κ3) is 2.59. The van der Waals surface area contributed by atoms with Gasteiger partial charge in [-0.1, -0.05) is 27.7 Å². The first kappa shape index (κ1) is 16.1. The van der Waals surface area contributed by atoms with Crippen LogP contribution in [0.5, 0.6) is 0 Å². The first-order valence-corrected chi connectivity index (χ1v) is 7.86. The van der Waals surface area contributed by atoms with Crippen molar-refractivity contribution in [2.45, 2.75) is 77.9 Å². The topological polar surface area (TPSA) is 41.1 Å². The Bertz CT molecular complexity index is 368. The van der Waals surface area contributed by atoms with Crippen LogP contribution >= 0.6 is 12.4 Å². The first-order chi connectivity index (χ1) is 8.80. The molecule has 0 aromatic carbocycles. The maximum atomic E-state index is 12.2. The fourth-order valence-electron chi connectivity index (χ4n) is 4.38. The fraction of sp³-hybridized carbons (Fsp3) is 0.938.